The number of benzene rings is 3. The number of fused-ring (bicyclic) bond motifs is 1. The third-order valence-electron chi connectivity index (χ3n) is 6.43. The number of rotatable bonds is 8. The van der Waals surface area contributed by atoms with Crippen LogP contribution in [0.3, 0.4) is 0 Å². The van der Waals surface area contributed by atoms with Gasteiger partial charge in [0, 0.05) is 18.2 Å². The van der Waals surface area contributed by atoms with Gasteiger partial charge in [0.25, 0.3) is 5.91 Å². The number of carbonyl (C=O) groups excluding carboxylic acids is 1. The van der Waals surface area contributed by atoms with Gasteiger partial charge in [-0.3, -0.25) is 4.79 Å². The standard InChI is InChI=1S/C28H28F3NO6/c1-34-21-10-18(11-22(14-21)35-2)27(33)32-9-8-17-12-25(36-3)26(37-4)15-23(17)24(32)16-38-20-7-5-6-19(13-20)28(29,30)31/h5-7,10-15,24H,8-9,16H2,1-4H3. The SMILES string of the molecule is COc1cc(OC)cc(C(=O)N2CCc3cc(OC)c(OC)cc3C2COc2cccc(C(F)(F)F)c2)c1. The monoisotopic (exact) mass is 531 g/mol. The second kappa shape index (κ2) is 11.1. The quantitative estimate of drug-likeness (QED) is 0.379. The number of methoxy groups -OCH3 is 4. The smallest absolute Gasteiger partial charge is 0.416 e. The number of nitrogens with zero attached hydrogens (tertiary/aromatic N) is 1. The minimum absolute atomic E-state index is 0.0443. The highest BCUT2D eigenvalue weighted by Crippen LogP contribution is 2.40. The number of hydrogen-bond acceptors (Lipinski definition) is 6. The number of amides is 1. The molecule has 3 aromatic carbocycles. The third-order valence-corrected chi connectivity index (χ3v) is 6.43. The van der Waals surface area contributed by atoms with Gasteiger partial charge in [-0.15, -0.1) is 0 Å². The topological polar surface area (TPSA) is 66.5 Å². The van der Waals surface area contributed by atoms with Crippen LogP contribution >= 0.6 is 0 Å². The van der Waals surface area contributed by atoms with Gasteiger partial charge in [-0.25, -0.2) is 0 Å². The molecule has 202 valence electrons. The maximum Gasteiger partial charge on any atom is 0.416 e. The largest absolute Gasteiger partial charge is 0.497 e. The van der Waals surface area contributed by atoms with Gasteiger partial charge in [0.15, 0.2) is 11.5 Å². The minimum Gasteiger partial charge on any atom is -0.497 e. The molecular weight excluding hydrogens is 503 g/mol. The lowest BCUT2D eigenvalue weighted by Crippen LogP contribution is -2.42. The van der Waals surface area contributed by atoms with Crippen LogP contribution in [0.5, 0.6) is 28.7 Å². The molecule has 0 bridgehead atoms. The van der Waals surface area contributed by atoms with Crippen molar-refractivity contribution >= 4 is 5.91 Å². The summed E-state index contributed by atoms with van der Waals surface area (Å²) in [6.45, 7) is 0.258. The van der Waals surface area contributed by atoms with E-state index in [4.69, 9.17) is 23.7 Å². The minimum atomic E-state index is -4.51. The second-order valence-corrected chi connectivity index (χ2v) is 8.61. The number of carbonyl (C=O) groups is 1. The van der Waals surface area contributed by atoms with Crippen LogP contribution in [-0.2, 0) is 12.6 Å². The maximum atomic E-state index is 13.8. The van der Waals surface area contributed by atoms with Crippen LogP contribution in [0.1, 0.15) is 33.1 Å². The summed E-state index contributed by atoms with van der Waals surface area (Å²) in [6.07, 6.45) is -3.98. The Hall–Kier alpha value is -4.08. The van der Waals surface area contributed by atoms with Crippen molar-refractivity contribution < 1.29 is 41.7 Å². The van der Waals surface area contributed by atoms with Crippen LogP contribution in [-0.4, -0.2) is 52.4 Å². The summed E-state index contributed by atoms with van der Waals surface area (Å²) in [7, 11) is 6.02. The molecule has 0 saturated heterocycles. The van der Waals surface area contributed by atoms with E-state index in [1.54, 1.807) is 29.2 Å². The van der Waals surface area contributed by atoms with E-state index >= 15 is 0 Å². The van der Waals surface area contributed by atoms with Crippen molar-refractivity contribution in [3.8, 4) is 28.7 Å². The molecule has 4 rings (SSSR count). The molecule has 38 heavy (non-hydrogen) atoms. The molecule has 0 radical (unpaired) electrons. The first-order valence-electron chi connectivity index (χ1n) is 11.8. The summed E-state index contributed by atoms with van der Waals surface area (Å²) >= 11 is 0. The van der Waals surface area contributed by atoms with Gasteiger partial charge in [0.1, 0.15) is 23.9 Å². The summed E-state index contributed by atoms with van der Waals surface area (Å²) in [5.74, 6) is 1.65. The van der Waals surface area contributed by atoms with E-state index in [1.807, 2.05) is 6.07 Å². The third kappa shape index (κ3) is 5.58. The molecule has 10 heteroatoms. The van der Waals surface area contributed by atoms with Crippen molar-refractivity contribution in [2.24, 2.45) is 0 Å². The highest BCUT2D eigenvalue weighted by Gasteiger charge is 2.34. The van der Waals surface area contributed by atoms with Crippen molar-refractivity contribution in [1.82, 2.24) is 4.90 Å². The zero-order valence-electron chi connectivity index (χ0n) is 21.4. The average molecular weight is 532 g/mol. The molecular formula is C28H28F3NO6. The van der Waals surface area contributed by atoms with Gasteiger partial charge >= 0.3 is 6.18 Å². The number of alkyl halides is 3. The van der Waals surface area contributed by atoms with Crippen LogP contribution in [0, 0.1) is 0 Å². The Kier molecular flexibility index (Phi) is 7.89. The Bertz CT molecular complexity index is 1290. The van der Waals surface area contributed by atoms with E-state index in [1.165, 1.54) is 40.6 Å². The van der Waals surface area contributed by atoms with Gasteiger partial charge < -0.3 is 28.6 Å². The molecule has 0 spiro atoms. The van der Waals surface area contributed by atoms with E-state index in [0.717, 1.165) is 23.3 Å². The molecule has 1 aliphatic rings. The van der Waals surface area contributed by atoms with E-state index < -0.39 is 17.8 Å². The Balaban J connectivity index is 1.73. The van der Waals surface area contributed by atoms with Gasteiger partial charge in [0.2, 0.25) is 0 Å². The summed E-state index contributed by atoms with van der Waals surface area (Å²) < 4.78 is 67.1. The second-order valence-electron chi connectivity index (χ2n) is 8.61. The lowest BCUT2D eigenvalue weighted by atomic mass is 9.91. The molecule has 3 aromatic rings. The first kappa shape index (κ1) is 27.0. The Morgan fingerprint density at radius 2 is 1.53 bits per heavy atom. The molecule has 0 aliphatic carbocycles. The Labute approximate surface area is 218 Å². The first-order chi connectivity index (χ1) is 18.2. The van der Waals surface area contributed by atoms with Gasteiger partial charge in [-0.2, -0.15) is 13.2 Å². The average Bonchev–Trinajstić information content (AvgIpc) is 2.93. The maximum absolute atomic E-state index is 13.8. The zero-order chi connectivity index (χ0) is 27.4. The first-order valence-corrected chi connectivity index (χ1v) is 11.8. The molecule has 1 atom stereocenters. The van der Waals surface area contributed by atoms with Crippen molar-refractivity contribution in [3.63, 3.8) is 0 Å². The molecule has 1 amide bonds. The van der Waals surface area contributed by atoms with Crippen LogP contribution in [0.4, 0.5) is 13.2 Å². The van der Waals surface area contributed by atoms with Crippen molar-refractivity contribution in [1.29, 1.82) is 0 Å². The molecule has 1 heterocycles. The van der Waals surface area contributed by atoms with E-state index in [0.29, 0.717) is 41.5 Å². The molecule has 1 unspecified atom stereocenters. The number of ether oxygens (including phenoxy) is 5. The van der Waals surface area contributed by atoms with Gasteiger partial charge in [-0.05, 0) is 60.0 Å². The van der Waals surface area contributed by atoms with Crippen LogP contribution in [0.25, 0.3) is 0 Å². The van der Waals surface area contributed by atoms with Crippen LogP contribution in [0.15, 0.2) is 54.6 Å². The van der Waals surface area contributed by atoms with E-state index in [9.17, 15) is 18.0 Å². The summed E-state index contributed by atoms with van der Waals surface area (Å²) in [5.41, 5.74) is 1.20. The summed E-state index contributed by atoms with van der Waals surface area (Å²) in [5, 5.41) is 0. The normalized spacial score (nSPS) is 14.9. The fourth-order valence-electron chi connectivity index (χ4n) is 4.49. The fraction of sp³-hybridized carbons (Fsp3) is 0.321. The molecule has 0 saturated carbocycles. The van der Waals surface area contributed by atoms with E-state index in [2.05, 4.69) is 0 Å². The molecule has 0 fully saturated rings. The highest BCUT2D eigenvalue weighted by molar-refractivity contribution is 5.95. The van der Waals surface area contributed by atoms with Crippen LogP contribution in [0.2, 0.25) is 0 Å². The van der Waals surface area contributed by atoms with Crippen molar-refractivity contribution in [2.75, 3.05) is 41.6 Å². The van der Waals surface area contributed by atoms with Gasteiger partial charge in [0.05, 0.1) is 40.0 Å². The van der Waals surface area contributed by atoms with Crippen molar-refractivity contribution in [2.45, 2.75) is 18.6 Å². The Morgan fingerprint density at radius 1 is 0.868 bits per heavy atom. The van der Waals surface area contributed by atoms with Gasteiger partial charge in [-0.1, -0.05) is 6.07 Å². The highest BCUT2D eigenvalue weighted by atomic mass is 19.4. The lowest BCUT2D eigenvalue weighted by Gasteiger charge is -2.37. The van der Waals surface area contributed by atoms with Crippen molar-refractivity contribution in [3.05, 3.63) is 76.9 Å². The predicted octanol–water partition coefficient (Wildman–Crippen LogP) is 5.56. The summed E-state index contributed by atoms with van der Waals surface area (Å²) in [4.78, 5) is 15.4. The lowest BCUT2D eigenvalue weighted by molar-refractivity contribution is -0.137. The zero-order valence-corrected chi connectivity index (χ0v) is 21.4. The Morgan fingerprint density at radius 3 is 2.13 bits per heavy atom. The molecule has 0 N–H and O–H groups in total. The fourth-order valence-corrected chi connectivity index (χ4v) is 4.49. The molecule has 0 aromatic heterocycles. The summed E-state index contributed by atoms with van der Waals surface area (Å²) in [6, 6.07) is 12.5. The predicted molar refractivity (Wildman–Crippen MR) is 134 cm³/mol. The van der Waals surface area contributed by atoms with Crippen LogP contribution < -0.4 is 23.7 Å². The molecule has 7 nitrogen and oxygen atoms in total. The van der Waals surface area contributed by atoms with E-state index in [-0.39, 0.29) is 18.3 Å². The number of halogens is 3. The molecule has 1 aliphatic heterocycles. The number of hydrogen-bond donors (Lipinski definition) is 0.